The lowest BCUT2D eigenvalue weighted by Gasteiger charge is -2.30. The van der Waals surface area contributed by atoms with E-state index in [4.69, 9.17) is 9.47 Å². The fourth-order valence-electron chi connectivity index (χ4n) is 2.76. The molecule has 0 unspecified atom stereocenters. The number of hydrogen-bond donors (Lipinski definition) is 1. The van der Waals surface area contributed by atoms with Crippen LogP contribution in [0.15, 0.2) is 24.3 Å². The predicted molar refractivity (Wildman–Crippen MR) is 98.9 cm³/mol. The van der Waals surface area contributed by atoms with E-state index in [1.165, 1.54) is 6.92 Å². The zero-order chi connectivity index (χ0) is 20.0. The van der Waals surface area contributed by atoms with Gasteiger partial charge in [0.25, 0.3) is 0 Å². The maximum atomic E-state index is 12.4. The molecule has 1 rings (SSSR count). The lowest BCUT2D eigenvalue weighted by molar-refractivity contribution is -0.145. The van der Waals surface area contributed by atoms with Crippen LogP contribution in [0.1, 0.15) is 58.3 Å². The quantitative estimate of drug-likeness (QED) is 0.456. The van der Waals surface area contributed by atoms with Crippen LogP contribution < -0.4 is 10.1 Å². The van der Waals surface area contributed by atoms with Crippen LogP contribution in [-0.2, 0) is 14.3 Å². The minimum atomic E-state index is -0.612. The van der Waals surface area contributed by atoms with Gasteiger partial charge in [-0.1, -0.05) is 20.8 Å². The van der Waals surface area contributed by atoms with E-state index in [9.17, 15) is 14.4 Å². The summed E-state index contributed by atoms with van der Waals surface area (Å²) in [6.07, 6.45) is 0.692. The van der Waals surface area contributed by atoms with Crippen molar-refractivity contribution in [2.24, 2.45) is 10.8 Å². The molecule has 0 aliphatic rings. The molecule has 0 spiro atoms. The number of nitrogens with one attached hydrogen (secondary N) is 1. The van der Waals surface area contributed by atoms with E-state index in [1.807, 2.05) is 13.8 Å². The third kappa shape index (κ3) is 7.68. The van der Waals surface area contributed by atoms with Gasteiger partial charge in [-0.15, -0.1) is 0 Å². The Bertz CT molecular complexity index is 641. The van der Waals surface area contributed by atoms with Crippen molar-refractivity contribution in [2.45, 2.75) is 48.0 Å². The van der Waals surface area contributed by atoms with Gasteiger partial charge in [0.1, 0.15) is 12.4 Å². The summed E-state index contributed by atoms with van der Waals surface area (Å²) >= 11 is 0. The molecular weight excluding hydrogens is 334 g/mol. The van der Waals surface area contributed by atoms with Crippen LogP contribution >= 0.6 is 0 Å². The lowest BCUT2D eigenvalue weighted by atomic mass is 9.76. The minimum absolute atomic E-state index is 0.00732. The Balaban J connectivity index is 2.60. The highest BCUT2D eigenvalue weighted by Gasteiger charge is 2.34. The highest BCUT2D eigenvalue weighted by molar-refractivity contribution is 5.89. The van der Waals surface area contributed by atoms with Crippen LogP contribution in [0.25, 0.3) is 0 Å². The second kappa shape index (κ2) is 8.83. The summed E-state index contributed by atoms with van der Waals surface area (Å²) in [5.41, 5.74) is -0.256. The smallest absolute Gasteiger partial charge is 0.338 e. The topological polar surface area (TPSA) is 81.7 Å². The molecule has 0 aliphatic carbocycles. The molecule has 0 aliphatic heterocycles. The van der Waals surface area contributed by atoms with E-state index in [1.54, 1.807) is 24.3 Å². The third-order valence-electron chi connectivity index (χ3n) is 3.53. The van der Waals surface area contributed by atoms with Crippen LogP contribution in [0.3, 0.4) is 0 Å². The van der Waals surface area contributed by atoms with E-state index in [2.05, 4.69) is 26.1 Å². The van der Waals surface area contributed by atoms with Crippen molar-refractivity contribution < 1.29 is 23.9 Å². The van der Waals surface area contributed by atoms with Gasteiger partial charge in [0.2, 0.25) is 5.91 Å². The molecule has 1 aromatic carbocycles. The largest absolute Gasteiger partial charge is 0.460 e. The van der Waals surface area contributed by atoms with Gasteiger partial charge >= 0.3 is 11.9 Å². The highest BCUT2D eigenvalue weighted by Crippen LogP contribution is 2.34. The van der Waals surface area contributed by atoms with Crippen molar-refractivity contribution in [2.75, 3.05) is 13.2 Å². The standard InChI is InChI=1S/C20H29NO5/c1-14(22)21-11-12-25-17(23)15-7-9-16(10-8-15)26-18(24)20(5,6)13-19(2,3)4/h7-10H,11-13H2,1-6H3,(H,21,22). The average Bonchev–Trinajstić information content (AvgIpc) is 2.49. The number of amides is 1. The summed E-state index contributed by atoms with van der Waals surface area (Å²) in [6.45, 7) is 11.7. The molecule has 26 heavy (non-hydrogen) atoms. The Kier molecular flexibility index (Phi) is 7.36. The van der Waals surface area contributed by atoms with E-state index in [0.29, 0.717) is 17.7 Å². The van der Waals surface area contributed by atoms with Gasteiger partial charge in [-0.3, -0.25) is 9.59 Å². The normalized spacial score (nSPS) is 11.6. The first-order valence-electron chi connectivity index (χ1n) is 8.65. The number of ether oxygens (including phenoxy) is 2. The monoisotopic (exact) mass is 363 g/mol. The van der Waals surface area contributed by atoms with Gasteiger partial charge in [0, 0.05) is 6.92 Å². The lowest BCUT2D eigenvalue weighted by Crippen LogP contribution is -2.33. The molecule has 0 fully saturated rings. The van der Waals surface area contributed by atoms with Gasteiger partial charge in [-0.25, -0.2) is 4.79 Å². The zero-order valence-corrected chi connectivity index (χ0v) is 16.5. The van der Waals surface area contributed by atoms with E-state index in [-0.39, 0.29) is 30.4 Å². The Labute approximate surface area is 155 Å². The summed E-state index contributed by atoms with van der Waals surface area (Å²) in [6, 6.07) is 6.21. The van der Waals surface area contributed by atoms with Crippen molar-refractivity contribution in [3.05, 3.63) is 29.8 Å². The first kappa shape index (κ1) is 21.7. The van der Waals surface area contributed by atoms with Gasteiger partial charge in [-0.2, -0.15) is 0 Å². The molecule has 0 bridgehead atoms. The van der Waals surface area contributed by atoms with Crippen molar-refractivity contribution in [1.29, 1.82) is 0 Å². The summed E-state index contributed by atoms with van der Waals surface area (Å²) in [5, 5.41) is 2.54. The Morgan fingerprint density at radius 2 is 1.58 bits per heavy atom. The molecule has 0 saturated heterocycles. The van der Waals surface area contributed by atoms with Crippen LogP contribution in [0.2, 0.25) is 0 Å². The number of esters is 2. The first-order valence-corrected chi connectivity index (χ1v) is 8.65. The van der Waals surface area contributed by atoms with Crippen LogP contribution in [0, 0.1) is 10.8 Å². The molecule has 1 amide bonds. The number of carbonyl (C=O) groups is 3. The summed E-state index contributed by atoms with van der Waals surface area (Å²) in [4.78, 5) is 35.0. The molecule has 1 aromatic rings. The Hall–Kier alpha value is -2.37. The van der Waals surface area contributed by atoms with Gasteiger partial charge in [0.15, 0.2) is 0 Å². The molecule has 0 radical (unpaired) electrons. The molecule has 6 heteroatoms. The molecule has 0 heterocycles. The molecule has 6 nitrogen and oxygen atoms in total. The summed E-state index contributed by atoms with van der Waals surface area (Å²) < 4.78 is 10.5. The van der Waals surface area contributed by atoms with Crippen molar-refractivity contribution in [3.63, 3.8) is 0 Å². The SMILES string of the molecule is CC(=O)NCCOC(=O)c1ccc(OC(=O)C(C)(C)CC(C)(C)C)cc1. The van der Waals surface area contributed by atoms with Gasteiger partial charge < -0.3 is 14.8 Å². The van der Waals surface area contributed by atoms with Gasteiger partial charge in [-0.05, 0) is 49.9 Å². The second-order valence-electron chi connectivity index (χ2n) is 8.15. The Morgan fingerprint density at radius 1 is 1.00 bits per heavy atom. The number of rotatable bonds is 7. The number of carbonyl (C=O) groups excluding carboxylic acids is 3. The number of hydrogen-bond acceptors (Lipinski definition) is 5. The van der Waals surface area contributed by atoms with E-state index in [0.717, 1.165) is 0 Å². The average molecular weight is 363 g/mol. The van der Waals surface area contributed by atoms with E-state index < -0.39 is 11.4 Å². The second-order valence-corrected chi connectivity index (χ2v) is 8.15. The van der Waals surface area contributed by atoms with E-state index >= 15 is 0 Å². The molecule has 0 atom stereocenters. The van der Waals surface area contributed by atoms with Crippen LogP contribution in [0.5, 0.6) is 5.75 Å². The Morgan fingerprint density at radius 3 is 2.08 bits per heavy atom. The van der Waals surface area contributed by atoms with Crippen molar-refractivity contribution in [3.8, 4) is 5.75 Å². The molecule has 0 aromatic heterocycles. The fraction of sp³-hybridized carbons (Fsp3) is 0.550. The molecule has 144 valence electrons. The maximum absolute atomic E-state index is 12.4. The van der Waals surface area contributed by atoms with Crippen LogP contribution in [-0.4, -0.2) is 31.0 Å². The predicted octanol–water partition coefficient (Wildman–Crippen LogP) is 3.35. The third-order valence-corrected chi connectivity index (χ3v) is 3.53. The summed E-state index contributed by atoms with van der Waals surface area (Å²) in [5.74, 6) is -0.604. The summed E-state index contributed by atoms with van der Waals surface area (Å²) in [7, 11) is 0. The fourth-order valence-corrected chi connectivity index (χ4v) is 2.76. The van der Waals surface area contributed by atoms with Crippen molar-refractivity contribution >= 4 is 17.8 Å². The minimum Gasteiger partial charge on any atom is -0.460 e. The van der Waals surface area contributed by atoms with Crippen LogP contribution in [0.4, 0.5) is 0 Å². The van der Waals surface area contributed by atoms with Crippen molar-refractivity contribution in [1.82, 2.24) is 5.32 Å². The number of benzene rings is 1. The molecular formula is C20H29NO5. The molecule has 1 N–H and O–H groups in total. The molecule has 0 saturated carbocycles. The zero-order valence-electron chi connectivity index (χ0n) is 16.5. The first-order chi connectivity index (χ1) is 11.9. The highest BCUT2D eigenvalue weighted by atomic mass is 16.5. The van der Waals surface area contributed by atoms with Gasteiger partial charge in [0.05, 0.1) is 17.5 Å². The maximum Gasteiger partial charge on any atom is 0.338 e.